The van der Waals surface area contributed by atoms with Gasteiger partial charge >= 0.3 is 0 Å². The van der Waals surface area contributed by atoms with Gasteiger partial charge in [0.25, 0.3) is 0 Å². The molecule has 0 unspecified atom stereocenters. The third-order valence-corrected chi connectivity index (χ3v) is 10.2. The van der Waals surface area contributed by atoms with Crippen molar-refractivity contribution >= 4 is 5.91 Å². The van der Waals surface area contributed by atoms with Crippen LogP contribution in [0.5, 0.6) is 0 Å². The van der Waals surface area contributed by atoms with Crippen LogP contribution in [0, 0.1) is 6.92 Å². The van der Waals surface area contributed by atoms with Crippen LogP contribution in [-0.2, 0) is 11.3 Å². The predicted molar refractivity (Wildman–Crippen MR) is 197 cm³/mol. The first kappa shape index (κ1) is 33.0. The highest BCUT2D eigenvalue weighted by Gasteiger charge is 2.39. The minimum atomic E-state index is -0.242. The Morgan fingerprint density at radius 1 is 0.857 bits per heavy atom. The fourth-order valence-electron chi connectivity index (χ4n) is 7.68. The van der Waals surface area contributed by atoms with Gasteiger partial charge in [-0.2, -0.15) is 0 Å². The van der Waals surface area contributed by atoms with Crippen molar-refractivity contribution in [2.75, 3.05) is 33.2 Å². The number of hydrogen-bond acceptors (Lipinski definition) is 5. The van der Waals surface area contributed by atoms with Gasteiger partial charge in [-0.15, -0.1) is 0 Å². The first-order valence-electron chi connectivity index (χ1n) is 18.1. The first-order valence-corrected chi connectivity index (χ1v) is 18.1. The number of carbonyl (C=O) groups is 1. The quantitative estimate of drug-likeness (QED) is 0.150. The molecule has 0 radical (unpaired) electrons. The molecule has 2 N–H and O–H groups in total. The molecule has 5 aromatic rings. The molecule has 49 heavy (non-hydrogen) atoms. The molecule has 3 aromatic carbocycles. The lowest BCUT2D eigenvalue weighted by atomic mass is 10.00. The molecule has 1 amide bonds. The summed E-state index contributed by atoms with van der Waals surface area (Å²) < 4.78 is 0. The number of nitrogens with one attached hydrogen (secondary N) is 2. The Morgan fingerprint density at radius 2 is 1.53 bits per heavy atom. The zero-order valence-electron chi connectivity index (χ0n) is 29.2. The molecule has 0 spiro atoms. The minimum Gasteiger partial charge on any atom is -0.344 e. The number of rotatable bonds is 11. The number of H-pyrrole nitrogens is 2. The molecule has 8 heteroatoms. The van der Waals surface area contributed by atoms with Gasteiger partial charge in [-0.05, 0) is 88.0 Å². The number of nitrogens with zero attached hydrogens (tertiary/aromatic N) is 5. The van der Waals surface area contributed by atoms with Gasteiger partial charge in [-0.25, -0.2) is 9.97 Å². The van der Waals surface area contributed by atoms with Crippen LogP contribution in [0.2, 0.25) is 0 Å². The number of hydrogen-bond donors (Lipinski definition) is 2. The van der Waals surface area contributed by atoms with Crippen molar-refractivity contribution in [3.8, 4) is 33.6 Å². The van der Waals surface area contributed by atoms with Crippen LogP contribution >= 0.6 is 0 Å². The molecule has 2 aliphatic heterocycles. The molecule has 2 aromatic heterocycles. The van der Waals surface area contributed by atoms with Crippen molar-refractivity contribution in [1.29, 1.82) is 0 Å². The highest BCUT2D eigenvalue weighted by molar-refractivity contribution is 5.84. The first-order chi connectivity index (χ1) is 24.0. The van der Waals surface area contributed by atoms with E-state index >= 15 is 0 Å². The van der Waals surface area contributed by atoms with E-state index in [1.165, 1.54) is 12.0 Å². The Labute approximate surface area is 290 Å². The Bertz CT molecular complexity index is 1820. The number of aromatic amines is 2. The van der Waals surface area contributed by atoms with Crippen molar-refractivity contribution in [2.45, 2.75) is 71.0 Å². The van der Waals surface area contributed by atoms with Gasteiger partial charge < -0.3 is 14.9 Å². The molecule has 4 heterocycles. The van der Waals surface area contributed by atoms with Gasteiger partial charge in [0.2, 0.25) is 5.91 Å². The molecule has 0 saturated carbocycles. The fourth-order valence-corrected chi connectivity index (χ4v) is 7.68. The number of benzene rings is 3. The summed E-state index contributed by atoms with van der Waals surface area (Å²) in [6.07, 6.45) is 8.50. The number of piperidine rings is 1. The van der Waals surface area contributed by atoms with E-state index in [2.05, 4.69) is 111 Å². The van der Waals surface area contributed by atoms with Crippen molar-refractivity contribution < 1.29 is 4.79 Å². The summed E-state index contributed by atoms with van der Waals surface area (Å²) in [5.41, 5.74) is 8.63. The van der Waals surface area contributed by atoms with E-state index in [4.69, 9.17) is 4.98 Å². The number of carbonyl (C=O) groups excluding carboxylic acids is 1. The van der Waals surface area contributed by atoms with Crippen molar-refractivity contribution in [2.24, 2.45) is 0 Å². The normalized spacial score (nSPS) is 17.6. The second kappa shape index (κ2) is 14.9. The average molecular weight is 656 g/mol. The SMILES string of the molecule is CCCN(C)Cc1ncc(-c2ccc(-c3ccc(-c4nc([C@@H]5CCCN5C(=O)[C@@H](c5ccccc5)N5CCCCC5)[nH]c4C)cc3)cc2)[nH]1. The van der Waals surface area contributed by atoms with E-state index in [0.29, 0.717) is 0 Å². The van der Waals surface area contributed by atoms with Gasteiger partial charge in [0.1, 0.15) is 17.7 Å². The van der Waals surface area contributed by atoms with Crippen LogP contribution in [0.15, 0.2) is 85.1 Å². The number of amides is 1. The van der Waals surface area contributed by atoms with Crippen LogP contribution in [0.3, 0.4) is 0 Å². The minimum absolute atomic E-state index is 0.0445. The van der Waals surface area contributed by atoms with E-state index in [1.807, 2.05) is 24.4 Å². The van der Waals surface area contributed by atoms with E-state index in [1.54, 1.807) is 0 Å². The maximum Gasteiger partial charge on any atom is 0.245 e. The van der Waals surface area contributed by atoms with Gasteiger partial charge in [0.05, 0.1) is 30.2 Å². The standard InChI is InChI=1S/C41H49N7O/c1-4-23-46(3)28-37-42-27-35(44-37)32-19-15-30(16-20-32)31-17-21-33(22-18-31)38-29(2)43-40(45-38)36-14-11-26-48(36)41(49)39(34-12-7-5-8-13-34)47-24-9-6-10-25-47/h5,7-8,12-13,15-22,27,36,39H,4,6,9-11,14,23-26,28H2,1-3H3,(H,42,44)(H,43,45)/t36-,39+/m0/s1. The van der Waals surface area contributed by atoms with Crippen LogP contribution in [0.25, 0.3) is 33.6 Å². The van der Waals surface area contributed by atoms with E-state index < -0.39 is 0 Å². The van der Waals surface area contributed by atoms with E-state index in [-0.39, 0.29) is 18.0 Å². The molecular formula is C41H49N7O. The Balaban J connectivity index is 1.06. The molecule has 0 aliphatic carbocycles. The molecule has 2 aliphatic rings. The predicted octanol–water partition coefficient (Wildman–Crippen LogP) is 8.17. The second-order valence-corrected chi connectivity index (χ2v) is 13.8. The van der Waals surface area contributed by atoms with Crippen LogP contribution in [-0.4, -0.2) is 73.8 Å². The lowest BCUT2D eigenvalue weighted by Gasteiger charge is -2.37. The number of aromatic nitrogens is 4. The summed E-state index contributed by atoms with van der Waals surface area (Å²) in [5, 5.41) is 0. The zero-order valence-corrected chi connectivity index (χ0v) is 29.2. The van der Waals surface area contributed by atoms with Gasteiger partial charge in [-0.3, -0.25) is 14.6 Å². The molecule has 2 atom stereocenters. The third-order valence-electron chi connectivity index (χ3n) is 10.2. The average Bonchev–Trinajstić information content (AvgIpc) is 3.90. The Morgan fingerprint density at radius 3 is 2.22 bits per heavy atom. The molecule has 2 fully saturated rings. The van der Waals surface area contributed by atoms with Gasteiger partial charge in [-0.1, -0.05) is 92.2 Å². The molecular weight excluding hydrogens is 606 g/mol. The van der Waals surface area contributed by atoms with Gasteiger partial charge in [0.15, 0.2) is 0 Å². The molecule has 2 saturated heterocycles. The van der Waals surface area contributed by atoms with Crippen molar-refractivity contribution in [3.05, 3.63) is 108 Å². The summed E-state index contributed by atoms with van der Waals surface area (Å²) in [4.78, 5) is 37.9. The number of likely N-dealkylation sites (tertiary alicyclic amines) is 2. The largest absolute Gasteiger partial charge is 0.344 e. The lowest BCUT2D eigenvalue weighted by molar-refractivity contribution is -0.139. The highest BCUT2D eigenvalue weighted by Crippen LogP contribution is 2.37. The Hall–Kier alpha value is -4.53. The smallest absolute Gasteiger partial charge is 0.245 e. The maximum absolute atomic E-state index is 14.4. The highest BCUT2D eigenvalue weighted by atomic mass is 16.2. The number of aryl methyl sites for hydroxylation is 1. The zero-order chi connectivity index (χ0) is 33.7. The molecule has 8 nitrogen and oxygen atoms in total. The van der Waals surface area contributed by atoms with Crippen LogP contribution < -0.4 is 0 Å². The summed E-state index contributed by atoms with van der Waals surface area (Å²) in [7, 11) is 2.13. The van der Waals surface area contributed by atoms with Gasteiger partial charge in [0, 0.05) is 17.8 Å². The fraction of sp³-hybridized carbons (Fsp3) is 0.390. The van der Waals surface area contributed by atoms with E-state index in [0.717, 1.165) is 116 Å². The Kier molecular flexibility index (Phi) is 10.1. The summed E-state index contributed by atoms with van der Waals surface area (Å²) in [5.74, 6) is 2.08. The topological polar surface area (TPSA) is 84.2 Å². The number of imidazole rings is 2. The third kappa shape index (κ3) is 7.26. The monoisotopic (exact) mass is 655 g/mol. The van der Waals surface area contributed by atoms with Crippen molar-refractivity contribution in [3.63, 3.8) is 0 Å². The summed E-state index contributed by atoms with van der Waals surface area (Å²) in [6.45, 7) is 8.86. The van der Waals surface area contributed by atoms with Crippen LogP contribution in [0.1, 0.15) is 80.4 Å². The summed E-state index contributed by atoms with van der Waals surface area (Å²) in [6, 6.07) is 27.4. The molecule has 0 bridgehead atoms. The van der Waals surface area contributed by atoms with Crippen LogP contribution in [0.4, 0.5) is 0 Å². The van der Waals surface area contributed by atoms with E-state index in [9.17, 15) is 4.79 Å². The second-order valence-electron chi connectivity index (χ2n) is 13.8. The lowest BCUT2D eigenvalue weighted by Crippen LogP contribution is -2.44. The molecule has 254 valence electrons. The van der Waals surface area contributed by atoms with Crippen molar-refractivity contribution in [1.82, 2.24) is 34.6 Å². The summed E-state index contributed by atoms with van der Waals surface area (Å²) >= 11 is 0. The molecule has 7 rings (SSSR count). The maximum atomic E-state index is 14.4.